The summed E-state index contributed by atoms with van der Waals surface area (Å²) < 4.78 is 70.8. The van der Waals surface area contributed by atoms with E-state index in [9.17, 15) is 21.6 Å². The van der Waals surface area contributed by atoms with E-state index < -0.39 is 27.9 Å². The van der Waals surface area contributed by atoms with Crippen molar-refractivity contribution in [1.29, 1.82) is 0 Å². The van der Waals surface area contributed by atoms with Crippen LogP contribution in [0.4, 0.5) is 13.2 Å². The summed E-state index contributed by atoms with van der Waals surface area (Å²) in [5, 5.41) is 0. The first-order valence-corrected chi connectivity index (χ1v) is 10.2. The Balaban J connectivity index is 1.75. The highest BCUT2D eigenvalue weighted by Crippen LogP contribution is 2.30. The first-order chi connectivity index (χ1) is 13.1. The topological polar surface area (TPSA) is 72.4 Å². The number of benzene rings is 1. The molecule has 3 rings (SSSR count). The molecule has 0 N–H and O–H groups in total. The number of aromatic nitrogens is 2. The summed E-state index contributed by atoms with van der Waals surface area (Å²) in [6, 6.07) is 5.20. The van der Waals surface area contributed by atoms with Crippen molar-refractivity contribution in [2.45, 2.75) is 43.9 Å². The Kier molecular flexibility index (Phi) is 5.62. The van der Waals surface area contributed by atoms with Crippen LogP contribution in [0.1, 0.15) is 29.9 Å². The highest BCUT2D eigenvalue weighted by atomic mass is 32.2. The van der Waals surface area contributed by atoms with Crippen LogP contribution in [-0.2, 0) is 16.2 Å². The predicted molar refractivity (Wildman–Crippen MR) is 95.4 cm³/mol. The zero-order valence-corrected chi connectivity index (χ0v) is 16.2. The Morgan fingerprint density at radius 1 is 1.14 bits per heavy atom. The molecule has 0 saturated carbocycles. The van der Waals surface area contributed by atoms with Crippen LogP contribution >= 0.6 is 0 Å². The molecule has 10 heteroatoms. The summed E-state index contributed by atoms with van der Waals surface area (Å²) in [4.78, 5) is 8.19. The number of hydrogen-bond donors (Lipinski definition) is 0. The van der Waals surface area contributed by atoms with E-state index in [2.05, 4.69) is 9.97 Å². The molecule has 1 aliphatic heterocycles. The number of nitrogens with zero attached hydrogens (tertiary/aromatic N) is 3. The molecule has 6 nitrogen and oxygen atoms in total. The summed E-state index contributed by atoms with van der Waals surface area (Å²) in [6.07, 6.45) is -3.68. The van der Waals surface area contributed by atoms with E-state index in [1.54, 1.807) is 13.0 Å². The average Bonchev–Trinajstić information content (AvgIpc) is 2.60. The number of ether oxygens (including phenoxy) is 1. The number of hydrogen-bond acceptors (Lipinski definition) is 5. The zero-order chi connectivity index (χ0) is 20.5. The van der Waals surface area contributed by atoms with Crippen molar-refractivity contribution in [3.63, 3.8) is 0 Å². The van der Waals surface area contributed by atoms with Gasteiger partial charge in [0.15, 0.2) is 0 Å². The van der Waals surface area contributed by atoms with Gasteiger partial charge in [-0.05, 0) is 51.0 Å². The Morgan fingerprint density at radius 2 is 1.82 bits per heavy atom. The van der Waals surface area contributed by atoms with Gasteiger partial charge >= 0.3 is 6.18 Å². The highest BCUT2D eigenvalue weighted by Gasteiger charge is 2.33. The van der Waals surface area contributed by atoms with Crippen molar-refractivity contribution >= 4 is 10.0 Å². The van der Waals surface area contributed by atoms with E-state index in [1.807, 2.05) is 6.92 Å². The van der Waals surface area contributed by atoms with Crippen LogP contribution in [0.5, 0.6) is 5.88 Å². The molecule has 0 aliphatic carbocycles. The first-order valence-electron chi connectivity index (χ1n) is 8.72. The van der Waals surface area contributed by atoms with Gasteiger partial charge in [0.05, 0.1) is 17.0 Å². The van der Waals surface area contributed by atoms with Crippen LogP contribution in [0, 0.1) is 13.8 Å². The Labute approximate surface area is 161 Å². The number of alkyl halides is 3. The maximum atomic E-state index is 12.8. The third-order valence-electron chi connectivity index (χ3n) is 4.39. The largest absolute Gasteiger partial charge is 0.473 e. The van der Waals surface area contributed by atoms with Crippen LogP contribution in [-0.4, -0.2) is 41.9 Å². The zero-order valence-electron chi connectivity index (χ0n) is 15.4. The molecule has 1 aliphatic rings. The molecular formula is C18H20F3N3O3S. The van der Waals surface area contributed by atoms with Crippen molar-refractivity contribution < 1.29 is 26.3 Å². The molecule has 2 aromatic rings. The second-order valence-electron chi connectivity index (χ2n) is 6.66. The van der Waals surface area contributed by atoms with Crippen LogP contribution in [0.25, 0.3) is 0 Å². The second-order valence-corrected chi connectivity index (χ2v) is 8.60. The third-order valence-corrected chi connectivity index (χ3v) is 6.27. The minimum absolute atomic E-state index is 0.103. The van der Waals surface area contributed by atoms with Gasteiger partial charge in [0, 0.05) is 18.3 Å². The van der Waals surface area contributed by atoms with E-state index in [1.165, 1.54) is 4.31 Å². The third kappa shape index (κ3) is 4.61. The monoisotopic (exact) mass is 415 g/mol. The molecule has 1 aromatic heterocycles. The molecule has 2 heterocycles. The molecule has 0 radical (unpaired) electrons. The number of rotatable bonds is 4. The van der Waals surface area contributed by atoms with Gasteiger partial charge in [-0.2, -0.15) is 22.5 Å². The highest BCUT2D eigenvalue weighted by molar-refractivity contribution is 7.89. The number of halogens is 3. The van der Waals surface area contributed by atoms with Crippen LogP contribution in [0.2, 0.25) is 0 Å². The van der Waals surface area contributed by atoms with Gasteiger partial charge < -0.3 is 4.74 Å². The molecule has 1 aromatic carbocycles. The van der Waals surface area contributed by atoms with Gasteiger partial charge in [0.2, 0.25) is 15.9 Å². The smallest absolute Gasteiger partial charge is 0.416 e. The molecule has 1 saturated heterocycles. The van der Waals surface area contributed by atoms with Crippen LogP contribution < -0.4 is 4.74 Å². The summed E-state index contributed by atoms with van der Waals surface area (Å²) in [6.45, 7) is 3.93. The number of sulfonamides is 1. The molecule has 152 valence electrons. The minimum atomic E-state index is -4.51. The van der Waals surface area contributed by atoms with Crippen LogP contribution in [0.3, 0.4) is 0 Å². The summed E-state index contributed by atoms with van der Waals surface area (Å²) in [5.74, 6) is 0.934. The molecule has 0 bridgehead atoms. The summed E-state index contributed by atoms with van der Waals surface area (Å²) in [7, 11) is -3.91. The van der Waals surface area contributed by atoms with Crippen molar-refractivity contribution in [2.24, 2.45) is 0 Å². The van der Waals surface area contributed by atoms with E-state index >= 15 is 0 Å². The van der Waals surface area contributed by atoms with Gasteiger partial charge in [-0.1, -0.05) is 0 Å². The Bertz CT molecular complexity index is 927. The Hall–Kier alpha value is -2.20. The van der Waals surface area contributed by atoms with Crippen molar-refractivity contribution in [1.82, 2.24) is 14.3 Å². The van der Waals surface area contributed by atoms with E-state index in [4.69, 9.17) is 4.74 Å². The normalized spacial score (nSPS) is 18.8. The summed E-state index contributed by atoms with van der Waals surface area (Å²) in [5.41, 5.74) is -0.145. The maximum Gasteiger partial charge on any atom is 0.416 e. The molecule has 0 spiro atoms. The molecule has 0 amide bonds. The lowest BCUT2D eigenvalue weighted by atomic mass is 10.1. The molecule has 1 unspecified atom stereocenters. The van der Waals surface area contributed by atoms with Gasteiger partial charge in [-0.15, -0.1) is 0 Å². The first kappa shape index (κ1) is 20.5. The second kappa shape index (κ2) is 7.67. The lowest BCUT2D eigenvalue weighted by Gasteiger charge is -2.32. The fourth-order valence-corrected chi connectivity index (χ4v) is 4.61. The van der Waals surface area contributed by atoms with Crippen LogP contribution in [0.15, 0.2) is 35.2 Å². The minimum Gasteiger partial charge on any atom is -0.473 e. The fraction of sp³-hybridized carbons (Fsp3) is 0.444. The van der Waals surface area contributed by atoms with Crippen molar-refractivity contribution in [3.05, 3.63) is 47.4 Å². The molecule has 28 heavy (non-hydrogen) atoms. The lowest BCUT2D eigenvalue weighted by Crippen LogP contribution is -2.44. The van der Waals surface area contributed by atoms with Gasteiger partial charge in [-0.25, -0.2) is 13.4 Å². The Morgan fingerprint density at radius 3 is 2.43 bits per heavy atom. The van der Waals surface area contributed by atoms with Gasteiger partial charge in [0.25, 0.3) is 0 Å². The summed E-state index contributed by atoms with van der Waals surface area (Å²) >= 11 is 0. The quantitative estimate of drug-likeness (QED) is 0.766. The average molecular weight is 415 g/mol. The SMILES string of the molecule is Cc1cc(OC2CCCN(S(=O)(=O)c3ccc(C(F)(F)F)cc3)C2)nc(C)n1. The fourth-order valence-electron chi connectivity index (χ4n) is 3.10. The predicted octanol–water partition coefficient (Wildman–Crippen LogP) is 3.34. The van der Waals surface area contributed by atoms with Crippen molar-refractivity contribution in [3.8, 4) is 5.88 Å². The van der Waals surface area contributed by atoms with Gasteiger partial charge in [0.1, 0.15) is 11.9 Å². The number of piperidine rings is 1. The maximum absolute atomic E-state index is 12.8. The molecular weight excluding hydrogens is 395 g/mol. The standard InChI is InChI=1S/C18H20F3N3O3S/c1-12-10-17(23-13(2)22-12)27-15-4-3-9-24(11-15)28(25,26)16-7-5-14(6-8-16)18(19,20)21/h5-8,10,15H,3-4,9,11H2,1-2H3. The van der Waals surface area contributed by atoms with Crippen molar-refractivity contribution in [2.75, 3.05) is 13.1 Å². The van der Waals surface area contributed by atoms with E-state index in [0.29, 0.717) is 24.5 Å². The van der Waals surface area contributed by atoms with E-state index in [0.717, 1.165) is 30.0 Å². The van der Waals surface area contributed by atoms with E-state index in [-0.39, 0.29) is 18.0 Å². The number of aryl methyl sites for hydroxylation is 2. The molecule has 1 fully saturated rings. The molecule has 1 atom stereocenters. The lowest BCUT2D eigenvalue weighted by molar-refractivity contribution is -0.137. The van der Waals surface area contributed by atoms with Gasteiger partial charge in [-0.3, -0.25) is 0 Å².